The van der Waals surface area contributed by atoms with Crippen molar-refractivity contribution in [2.75, 3.05) is 17.2 Å². The first-order valence-corrected chi connectivity index (χ1v) is 17.9. The number of ether oxygens (including phenoxy) is 1. The predicted molar refractivity (Wildman–Crippen MR) is 189 cm³/mol. The zero-order chi connectivity index (χ0) is 36.5. The Hall–Kier alpha value is -4.22. The van der Waals surface area contributed by atoms with Crippen molar-refractivity contribution in [3.8, 4) is 0 Å². The van der Waals surface area contributed by atoms with Crippen molar-refractivity contribution >= 4 is 46.9 Å². The second-order valence-corrected chi connectivity index (χ2v) is 16.6. The number of hydrogen-bond acceptors (Lipinski definition) is 7. The molecule has 50 heavy (non-hydrogen) atoms. The highest BCUT2D eigenvalue weighted by Gasteiger charge is 2.73. The quantitative estimate of drug-likeness (QED) is 0.248. The number of nitrogens with one attached hydrogen (secondary N) is 4. The minimum absolute atomic E-state index is 0.0807. The zero-order valence-electron chi connectivity index (χ0n) is 30.3. The van der Waals surface area contributed by atoms with Gasteiger partial charge in [0.1, 0.15) is 23.7 Å². The van der Waals surface area contributed by atoms with E-state index in [1.165, 1.54) is 0 Å². The van der Waals surface area contributed by atoms with E-state index in [0.29, 0.717) is 37.9 Å². The average molecular weight is 692 g/mol. The molecule has 2 aliphatic carbocycles. The van der Waals surface area contributed by atoms with Crippen LogP contribution >= 0.6 is 0 Å². The number of likely N-dealkylation sites (tertiary alicyclic amines) is 1. The van der Waals surface area contributed by atoms with Crippen LogP contribution in [0.15, 0.2) is 36.4 Å². The number of para-hydroxylation sites is 2. The minimum Gasteiger partial charge on any atom is -0.444 e. The molecule has 2 aliphatic heterocycles. The molecule has 2 saturated carbocycles. The Labute approximate surface area is 294 Å². The predicted octanol–water partition coefficient (Wildman–Crippen LogP) is 5.24. The van der Waals surface area contributed by atoms with Crippen LogP contribution in [0.2, 0.25) is 0 Å². The molecule has 0 aromatic heterocycles. The summed E-state index contributed by atoms with van der Waals surface area (Å²) in [5, 5.41) is 11.1. The lowest BCUT2D eigenvalue weighted by molar-refractivity contribution is -0.143. The Morgan fingerprint density at radius 3 is 2.20 bits per heavy atom. The van der Waals surface area contributed by atoms with Gasteiger partial charge in [-0.2, -0.15) is 0 Å². The molecule has 5 amide bonds. The molecule has 1 aromatic carbocycles. The first kappa shape index (κ1) is 37.0. The lowest BCUT2D eigenvalue weighted by Crippen LogP contribution is -2.59. The second-order valence-electron chi connectivity index (χ2n) is 16.6. The van der Waals surface area contributed by atoms with Gasteiger partial charge in [0.25, 0.3) is 5.91 Å². The molecule has 4 aliphatic rings. The zero-order valence-corrected chi connectivity index (χ0v) is 30.3. The molecule has 1 saturated heterocycles. The Kier molecular flexibility index (Phi) is 10.5. The Balaban J connectivity index is 1.39. The van der Waals surface area contributed by atoms with Gasteiger partial charge >= 0.3 is 6.09 Å². The van der Waals surface area contributed by atoms with E-state index in [4.69, 9.17) is 4.74 Å². The van der Waals surface area contributed by atoms with Crippen molar-refractivity contribution in [3.05, 3.63) is 36.4 Å². The number of amides is 5. The number of alkyl carbamates (subject to hydrolysis) is 1. The Morgan fingerprint density at radius 1 is 0.920 bits per heavy atom. The number of Topliss-reactive ketones (excluding diaryl/α,β-unsaturated/α-hetero) is 1. The fraction of sp³-hybridized carbons (Fsp3) is 0.632. The van der Waals surface area contributed by atoms with Gasteiger partial charge in [-0.1, -0.05) is 51.5 Å². The number of ketones is 1. The lowest BCUT2D eigenvalue weighted by Gasteiger charge is -2.36. The Bertz CT molecular complexity index is 1550. The van der Waals surface area contributed by atoms with Crippen LogP contribution < -0.4 is 21.3 Å². The normalized spacial score (nSPS) is 26.0. The molecule has 0 unspecified atom stereocenters. The molecule has 12 heteroatoms. The number of nitrogens with zero attached hydrogens (tertiary/aromatic N) is 1. The molecular weight excluding hydrogens is 638 g/mol. The van der Waals surface area contributed by atoms with Crippen molar-refractivity contribution in [1.82, 2.24) is 15.5 Å². The summed E-state index contributed by atoms with van der Waals surface area (Å²) in [5.41, 5.74) is -0.916. The number of fused-ring (bicyclic) bond motifs is 2. The van der Waals surface area contributed by atoms with Crippen LogP contribution in [0.5, 0.6) is 0 Å². The first-order valence-electron chi connectivity index (χ1n) is 17.9. The maximum absolute atomic E-state index is 14.4. The minimum atomic E-state index is -1.19. The van der Waals surface area contributed by atoms with Crippen LogP contribution in [0, 0.1) is 16.2 Å². The molecule has 0 radical (unpaired) electrons. The van der Waals surface area contributed by atoms with Crippen LogP contribution in [0.4, 0.5) is 16.2 Å². The third-order valence-electron chi connectivity index (χ3n) is 10.6. The molecular formula is C38H53N5O7. The van der Waals surface area contributed by atoms with Crippen LogP contribution in [0.25, 0.3) is 0 Å². The summed E-state index contributed by atoms with van der Waals surface area (Å²) in [6, 6.07) is 3.59. The number of allylic oxidation sites excluding steroid dienone is 1. The molecule has 0 bridgehead atoms. The summed E-state index contributed by atoms with van der Waals surface area (Å²) in [4.78, 5) is 82.8. The average Bonchev–Trinajstić information content (AvgIpc) is 3.51. The van der Waals surface area contributed by atoms with Crippen LogP contribution in [-0.2, 0) is 28.7 Å². The van der Waals surface area contributed by atoms with Crippen molar-refractivity contribution in [1.29, 1.82) is 0 Å². The van der Waals surface area contributed by atoms with E-state index in [1.54, 1.807) is 56.0 Å². The van der Waals surface area contributed by atoms with Gasteiger partial charge in [-0.3, -0.25) is 24.0 Å². The molecule has 4 N–H and O–H groups in total. The van der Waals surface area contributed by atoms with E-state index in [1.807, 2.05) is 26.8 Å². The van der Waals surface area contributed by atoms with Crippen LogP contribution in [-0.4, -0.2) is 70.7 Å². The molecule has 2 heterocycles. The molecule has 272 valence electrons. The standard InChI is InChI=1S/C38H53N5O7/c1-35(2,3)30(42-34(49)50-36(4,5)6)33(48)43-23-38(22-37(38)19-14-20-37)21-27(43)31(46)41-26-17-10-8-7-9-11-18-28(44)39-24-15-12-13-16-25(24)40-32(47)29(26)45/h8,10,12-13,15-16,26-27,30H,7,9,11,14,17-23H2,1-6H3,(H,39,44)(H,40,47)(H,41,46)(H,42,49)/t26-,27+,30-,38+/m1/s1. The van der Waals surface area contributed by atoms with Gasteiger partial charge in [-0.05, 0) is 101 Å². The fourth-order valence-corrected chi connectivity index (χ4v) is 7.77. The van der Waals surface area contributed by atoms with Crippen molar-refractivity contribution in [3.63, 3.8) is 0 Å². The monoisotopic (exact) mass is 691 g/mol. The molecule has 4 atom stereocenters. The molecule has 12 nitrogen and oxygen atoms in total. The van der Waals surface area contributed by atoms with E-state index in [9.17, 15) is 28.8 Å². The molecule has 3 fully saturated rings. The summed E-state index contributed by atoms with van der Waals surface area (Å²) in [6.45, 7) is 11.2. The fourth-order valence-electron chi connectivity index (χ4n) is 7.77. The van der Waals surface area contributed by atoms with Crippen LogP contribution in [0.1, 0.15) is 106 Å². The lowest BCUT2D eigenvalue weighted by atomic mass is 9.74. The topological polar surface area (TPSA) is 163 Å². The molecule has 2 spiro atoms. The van der Waals surface area contributed by atoms with Gasteiger partial charge in [0.05, 0.1) is 11.4 Å². The second kappa shape index (κ2) is 14.2. The van der Waals surface area contributed by atoms with Crippen molar-refractivity contribution in [2.45, 2.75) is 129 Å². The highest BCUT2D eigenvalue weighted by Crippen LogP contribution is 2.77. The smallest absolute Gasteiger partial charge is 0.408 e. The van der Waals surface area contributed by atoms with Crippen molar-refractivity contribution in [2.24, 2.45) is 16.2 Å². The van der Waals surface area contributed by atoms with E-state index >= 15 is 0 Å². The van der Waals surface area contributed by atoms with Gasteiger partial charge in [0, 0.05) is 13.0 Å². The van der Waals surface area contributed by atoms with Gasteiger partial charge in [-0.25, -0.2) is 4.79 Å². The van der Waals surface area contributed by atoms with Gasteiger partial charge < -0.3 is 30.9 Å². The van der Waals surface area contributed by atoms with E-state index in [0.717, 1.165) is 32.1 Å². The highest BCUT2D eigenvalue weighted by molar-refractivity contribution is 6.43. The SMILES string of the molecule is CC(C)(C)OC(=O)N[C@H](C(=O)N1C[C@]2(C[C@H]1C(=O)N[C@@H]1CC=CCCCCC(=O)Nc3ccccc3NC(=O)C1=O)CC21CCC1)C(C)(C)C. The summed E-state index contributed by atoms with van der Waals surface area (Å²) < 4.78 is 5.49. The number of rotatable bonds is 4. The molecule has 1 aromatic rings. The molecule has 5 rings (SSSR count). The maximum Gasteiger partial charge on any atom is 0.408 e. The third-order valence-corrected chi connectivity index (χ3v) is 10.6. The Morgan fingerprint density at radius 2 is 1.60 bits per heavy atom. The van der Waals surface area contributed by atoms with E-state index < -0.39 is 52.8 Å². The largest absolute Gasteiger partial charge is 0.444 e. The first-order chi connectivity index (χ1) is 23.4. The number of carbonyl (C=O) groups is 6. The third kappa shape index (κ3) is 8.21. The number of carbonyl (C=O) groups excluding carboxylic acids is 6. The highest BCUT2D eigenvalue weighted by atomic mass is 16.6. The van der Waals surface area contributed by atoms with E-state index in [2.05, 4.69) is 21.3 Å². The van der Waals surface area contributed by atoms with Gasteiger partial charge in [-0.15, -0.1) is 0 Å². The van der Waals surface area contributed by atoms with Crippen molar-refractivity contribution < 1.29 is 33.5 Å². The summed E-state index contributed by atoms with van der Waals surface area (Å²) in [7, 11) is 0. The summed E-state index contributed by atoms with van der Waals surface area (Å²) >= 11 is 0. The number of hydrogen-bond donors (Lipinski definition) is 4. The van der Waals surface area contributed by atoms with Gasteiger partial charge in [0.2, 0.25) is 23.5 Å². The summed E-state index contributed by atoms with van der Waals surface area (Å²) in [6.07, 6.45) is 10.0. The summed E-state index contributed by atoms with van der Waals surface area (Å²) in [5.74, 6) is -2.85. The van der Waals surface area contributed by atoms with E-state index in [-0.39, 0.29) is 34.8 Å². The van der Waals surface area contributed by atoms with Crippen LogP contribution in [0.3, 0.4) is 0 Å². The number of anilines is 2. The maximum atomic E-state index is 14.4. The van der Waals surface area contributed by atoms with Gasteiger partial charge in [0.15, 0.2) is 0 Å². The number of benzene rings is 1.